The quantitative estimate of drug-likeness (QED) is 0.666. The molecule has 0 aromatic carbocycles. The van der Waals surface area contributed by atoms with Crippen LogP contribution in [0, 0.1) is 5.92 Å². The first-order valence-corrected chi connectivity index (χ1v) is 6.35. The standard InChI is InChI=1S/C13H26N2O/c1-4-14-8-12(2)9-15-7-5-6-13(10-15)11-16-3/h13-14H,2,4-11H2,1,3H3. The number of piperidine rings is 1. The summed E-state index contributed by atoms with van der Waals surface area (Å²) in [5.41, 5.74) is 1.29. The van der Waals surface area contributed by atoms with E-state index in [1.807, 2.05) is 0 Å². The highest BCUT2D eigenvalue weighted by molar-refractivity contribution is 5.00. The summed E-state index contributed by atoms with van der Waals surface area (Å²) in [6.07, 6.45) is 2.60. The lowest BCUT2D eigenvalue weighted by Crippen LogP contribution is -2.39. The molecule has 3 heteroatoms. The number of ether oxygens (including phenoxy) is 1. The highest BCUT2D eigenvalue weighted by Gasteiger charge is 2.19. The van der Waals surface area contributed by atoms with Gasteiger partial charge < -0.3 is 10.1 Å². The van der Waals surface area contributed by atoms with E-state index in [-0.39, 0.29) is 0 Å². The van der Waals surface area contributed by atoms with Crippen molar-refractivity contribution in [3.63, 3.8) is 0 Å². The fourth-order valence-electron chi connectivity index (χ4n) is 2.34. The lowest BCUT2D eigenvalue weighted by Gasteiger charge is -2.32. The van der Waals surface area contributed by atoms with E-state index in [0.717, 1.165) is 26.2 Å². The van der Waals surface area contributed by atoms with Gasteiger partial charge in [0.05, 0.1) is 6.61 Å². The van der Waals surface area contributed by atoms with Gasteiger partial charge in [0.25, 0.3) is 0 Å². The third kappa shape index (κ3) is 5.10. The topological polar surface area (TPSA) is 24.5 Å². The highest BCUT2D eigenvalue weighted by Crippen LogP contribution is 2.17. The molecule has 1 atom stereocenters. The van der Waals surface area contributed by atoms with Crippen molar-refractivity contribution in [2.75, 3.05) is 46.4 Å². The van der Waals surface area contributed by atoms with Gasteiger partial charge in [0, 0.05) is 26.7 Å². The van der Waals surface area contributed by atoms with Gasteiger partial charge in [-0.1, -0.05) is 13.5 Å². The van der Waals surface area contributed by atoms with E-state index in [9.17, 15) is 0 Å². The lowest BCUT2D eigenvalue weighted by molar-refractivity contribution is 0.0947. The van der Waals surface area contributed by atoms with E-state index < -0.39 is 0 Å². The van der Waals surface area contributed by atoms with Crippen LogP contribution in [-0.4, -0.2) is 51.3 Å². The minimum Gasteiger partial charge on any atom is -0.384 e. The molecule has 94 valence electrons. The smallest absolute Gasteiger partial charge is 0.0502 e. The number of rotatable bonds is 7. The molecule has 1 heterocycles. The van der Waals surface area contributed by atoms with Crippen LogP contribution in [-0.2, 0) is 4.74 Å². The molecule has 0 radical (unpaired) electrons. The van der Waals surface area contributed by atoms with Crippen molar-refractivity contribution in [3.05, 3.63) is 12.2 Å². The molecule has 1 unspecified atom stereocenters. The molecular formula is C13H26N2O. The second kappa shape index (κ2) is 7.82. The van der Waals surface area contributed by atoms with Gasteiger partial charge >= 0.3 is 0 Å². The average molecular weight is 226 g/mol. The van der Waals surface area contributed by atoms with Crippen molar-refractivity contribution >= 4 is 0 Å². The van der Waals surface area contributed by atoms with Crippen molar-refractivity contribution in [1.82, 2.24) is 10.2 Å². The van der Waals surface area contributed by atoms with E-state index >= 15 is 0 Å². The summed E-state index contributed by atoms with van der Waals surface area (Å²) < 4.78 is 5.24. The van der Waals surface area contributed by atoms with E-state index in [4.69, 9.17) is 4.74 Å². The van der Waals surface area contributed by atoms with Crippen LogP contribution in [0.25, 0.3) is 0 Å². The van der Waals surface area contributed by atoms with E-state index in [0.29, 0.717) is 5.92 Å². The SMILES string of the molecule is C=C(CNCC)CN1CCCC(COC)C1. The van der Waals surface area contributed by atoms with Crippen molar-refractivity contribution in [2.45, 2.75) is 19.8 Å². The van der Waals surface area contributed by atoms with Crippen LogP contribution in [0.15, 0.2) is 12.2 Å². The summed E-state index contributed by atoms with van der Waals surface area (Å²) in [5.74, 6) is 0.714. The van der Waals surface area contributed by atoms with Gasteiger partial charge in [-0.2, -0.15) is 0 Å². The Morgan fingerprint density at radius 2 is 2.38 bits per heavy atom. The molecule has 1 aliphatic rings. The molecule has 1 saturated heterocycles. The van der Waals surface area contributed by atoms with Gasteiger partial charge in [0.2, 0.25) is 0 Å². The maximum Gasteiger partial charge on any atom is 0.0502 e. The van der Waals surface area contributed by atoms with Crippen LogP contribution >= 0.6 is 0 Å². The number of methoxy groups -OCH3 is 1. The molecule has 1 fully saturated rings. The number of hydrogen-bond acceptors (Lipinski definition) is 3. The molecular weight excluding hydrogens is 200 g/mol. The Labute approximate surface area is 99.8 Å². The predicted molar refractivity (Wildman–Crippen MR) is 68.7 cm³/mol. The molecule has 0 aliphatic carbocycles. The molecule has 0 aromatic heterocycles. The number of hydrogen-bond donors (Lipinski definition) is 1. The summed E-state index contributed by atoms with van der Waals surface area (Å²) in [6, 6.07) is 0. The van der Waals surface area contributed by atoms with Gasteiger partial charge in [0.15, 0.2) is 0 Å². The van der Waals surface area contributed by atoms with Crippen molar-refractivity contribution in [1.29, 1.82) is 0 Å². The first-order chi connectivity index (χ1) is 7.76. The predicted octanol–water partition coefficient (Wildman–Crippen LogP) is 1.51. The normalized spacial score (nSPS) is 22.2. The molecule has 0 amide bonds. The van der Waals surface area contributed by atoms with Crippen LogP contribution in [0.4, 0.5) is 0 Å². The third-order valence-electron chi connectivity index (χ3n) is 3.08. The first kappa shape index (κ1) is 13.7. The summed E-state index contributed by atoms with van der Waals surface area (Å²) in [7, 11) is 1.79. The fourth-order valence-corrected chi connectivity index (χ4v) is 2.34. The number of nitrogens with one attached hydrogen (secondary N) is 1. The van der Waals surface area contributed by atoms with Crippen LogP contribution in [0.2, 0.25) is 0 Å². The van der Waals surface area contributed by atoms with Gasteiger partial charge in [-0.15, -0.1) is 0 Å². The Balaban J connectivity index is 2.22. The summed E-state index contributed by atoms with van der Waals surface area (Å²) in [5, 5.41) is 3.32. The molecule has 1 aliphatic heterocycles. The van der Waals surface area contributed by atoms with E-state index in [2.05, 4.69) is 23.7 Å². The molecule has 0 spiro atoms. The molecule has 0 saturated carbocycles. The molecule has 1 N–H and O–H groups in total. The zero-order valence-electron chi connectivity index (χ0n) is 10.8. The van der Waals surface area contributed by atoms with Crippen LogP contribution < -0.4 is 5.32 Å². The van der Waals surface area contributed by atoms with Crippen LogP contribution in [0.3, 0.4) is 0 Å². The first-order valence-electron chi connectivity index (χ1n) is 6.35. The van der Waals surface area contributed by atoms with Crippen LogP contribution in [0.5, 0.6) is 0 Å². The van der Waals surface area contributed by atoms with Gasteiger partial charge in [-0.25, -0.2) is 0 Å². The Morgan fingerprint density at radius 1 is 1.56 bits per heavy atom. The third-order valence-corrected chi connectivity index (χ3v) is 3.08. The molecule has 0 bridgehead atoms. The van der Waals surface area contributed by atoms with Gasteiger partial charge in [-0.3, -0.25) is 4.90 Å². The van der Waals surface area contributed by atoms with Gasteiger partial charge in [0.1, 0.15) is 0 Å². The Morgan fingerprint density at radius 3 is 3.06 bits per heavy atom. The molecule has 16 heavy (non-hydrogen) atoms. The van der Waals surface area contributed by atoms with Crippen molar-refractivity contribution in [3.8, 4) is 0 Å². The monoisotopic (exact) mass is 226 g/mol. The summed E-state index contributed by atoms with van der Waals surface area (Å²) in [6.45, 7) is 12.5. The minimum absolute atomic E-state index is 0.714. The van der Waals surface area contributed by atoms with E-state index in [1.165, 1.54) is 31.5 Å². The van der Waals surface area contributed by atoms with E-state index in [1.54, 1.807) is 7.11 Å². The molecule has 1 rings (SSSR count). The Kier molecular flexibility index (Phi) is 6.69. The van der Waals surface area contributed by atoms with Crippen molar-refractivity contribution in [2.24, 2.45) is 5.92 Å². The lowest BCUT2D eigenvalue weighted by atomic mass is 9.98. The zero-order chi connectivity index (χ0) is 11.8. The molecule has 3 nitrogen and oxygen atoms in total. The average Bonchev–Trinajstić information content (AvgIpc) is 2.27. The van der Waals surface area contributed by atoms with Crippen molar-refractivity contribution < 1.29 is 4.74 Å². The second-order valence-corrected chi connectivity index (χ2v) is 4.73. The minimum atomic E-state index is 0.714. The highest BCUT2D eigenvalue weighted by atomic mass is 16.5. The summed E-state index contributed by atoms with van der Waals surface area (Å²) in [4.78, 5) is 2.51. The number of likely N-dealkylation sites (N-methyl/N-ethyl adjacent to an activating group) is 1. The maximum absolute atomic E-state index is 5.24. The van der Waals surface area contributed by atoms with Crippen LogP contribution in [0.1, 0.15) is 19.8 Å². The molecule has 0 aromatic rings. The second-order valence-electron chi connectivity index (χ2n) is 4.73. The number of nitrogens with zero attached hydrogens (tertiary/aromatic N) is 1. The number of likely N-dealkylation sites (tertiary alicyclic amines) is 1. The Bertz CT molecular complexity index is 204. The fraction of sp³-hybridized carbons (Fsp3) is 0.846. The summed E-state index contributed by atoms with van der Waals surface area (Å²) >= 11 is 0. The zero-order valence-corrected chi connectivity index (χ0v) is 10.8. The largest absolute Gasteiger partial charge is 0.384 e. The maximum atomic E-state index is 5.24. The van der Waals surface area contributed by atoms with Gasteiger partial charge in [-0.05, 0) is 37.4 Å². The Hall–Kier alpha value is -0.380.